The van der Waals surface area contributed by atoms with Crippen LogP contribution in [0.25, 0.3) is 0 Å². The number of carboxylic acids is 1. The Morgan fingerprint density at radius 3 is 2.58 bits per heavy atom. The summed E-state index contributed by atoms with van der Waals surface area (Å²) in [7, 11) is 1.74. The van der Waals surface area contributed by atoms with E-state index in [4.69, 9.17) is 5.11 Å². The molecule has 0 aliphatic carbocycles. The molecule has 2 aromatic rings. The Morgan fingerprint density at radius 1 is 1.33 bits per heavy atom. The Kier molecular flexibility index (Phi) is 6.33. The molecule has 24 heavy (non-hydrogen) atoms. The fourth-order valence-electron chi connectivity index (χ4n) is 2.33. The van der Waals surface area contributed by atoms with Crippen molar-refractivity contribution in [2.24, 2.45) is 0 Å². The van der Waals surface area contributed by atoms with Crippen LogP contribution >= 0.6 is 15.9 Å². The van der Waals surface area contributed by atoms with Gasteiger partial charge in [-0.25, -0.2) is 9.18 Å². The molecule has 0 fully saturated rings. The molecule has 0 aliphatic rings. The number of nitrogens with one attached hydrogen (secondary N) is 1. The molecule has 126 valence electrons. The Labute approximate surface area is 148 Å². The first-order valence-corrected chi connectivity index (χ1v) is 8.24. The van der Waals surface area contributed by atoms with Gasteiger partial charge in [-0.15, -0.1) is 0 Å². The molecule has 1 aromatic carbocycles. The van der Waals surface area contributed by atoms with Crippen LogP contribution in [0, 0.1) is 5.82 Å². The quantitative estimate of drug-likeness (QED) is 0.487. The van der Waals surface area contributed by atoms with Crippen LogP contribution in [0.15, 0.2) is 28.7 Å². The molecule has 2 rings (SSSR count). The van der Waals surface area contributed by atoms with Crippen molar-refractivity contribution < 1.29 is 19.4 Å². The molecule has 0 unspecified atom stereocenters. The van der Waals surface area contributed by atoms with Gasteiger partial charge in [0.1, 0.15) is 5.82 Å². The van der Waals surface area contributed by atoms with E-state index in [1.165, 1.54) is 12.1 Å². The summed E-state index contributed by atoms with van der Waals surface area (Å²) >= 11 is 3.47. The molecular formula is C16H17BBrFN2O3. The molecule has 8 heteroatoms. The van der Waals surface area contributed by atoms with Crippen LogP contribution in [0.4, 0.5) is 10.1 Å². The first-order chi connectivity index (χ1) is 11.4. The number of hydrogen-bond donors (Lipinski definition) is 3. The number of benzene rings is 1. The molecule has 0 radical (unpaired) electrons. The zero-order valence-corrected chi connectivity index (χ0v) is 14.7. The van der Waals surface area contributed by atoms with E-state index in [-0.39, 0.29) is 18.1 Å². The van der Waals surface area contributed by atoms with Crippen LogP contribution in [0.1, 0.15) is 28.0 Å². The minimum absolute atomic E-state index is 0.00868. The maximum atomic E-state index is 13.0. The number of carboxylic acid groups (broad SMARTS) is 1. The second-order valence-corrected chi connectivity index (χ2v) is 6.12. The van der Waals surface area contributed by atoms with Gasteiger partial charge in [0, 0.05) is 23.2 Å². The number of rotatable bonds is 7. The summed E-state index contributed by atoms with van der Waals surface area (Å²) in [6, 6.07) is 6.15. The molecule has 0 saturated carbocycles. The molecule has 0 aliphatic heterocycles. The van der Waals surface area contributed by atoms with Crippen LogP contribution in [0.3, 0.4) is 0 Å². The second-order valence-electron chi connectivity index (χ2n) is 5.33. The largest absolute Gasteiger partial charge is 0.476 e. The smallest absolute Gasteiger partial charge is 0.356 e. The second kappa shape index (κ2) is 8.26. The molecule has 3 N–H and O–H groups in total. The number of aromatic nitrogens is 1. The minimum Gasteiger partial charge on any atom is -0.476 e. The summed E-state index contributed by atoms with van der Waals surface area (Å²) < 4.78 is 13.7. The van der Waals surface area contributed by atoms with Gasteiger partial charge < -0.3 is 15.5 Å². The molecule has 5 nitrogen and oxygen atoms in total. The fourth-order valence-corrected chi connectivity index (χ4v) is 3.08. The van der Waals surface area contributed by atoms with Gasteiger partial charge in [-0.2, -0.15) is 0 Å². The molecule has 0 bridgehead atoms. The lowest BCUT2D eigenvalue weighted by atomic mass is 9.92. The zero-order valence-electron chi connectivity index (χ0n) is 13.1. The molecule has 0 spiro atoms. The first-order valence-electron chi connectivity index (χ1n) is 7.45. The van der Waals surface area contributed by atoms with Gasteiger partial charge in [0.25, 0.3) is 0 Å². The van der Waals surface area contributed by atoms with Crippen molar-refractivity contribution in [3.63, 3.8) is 0 Å². The van der Waals surface area contributed by atoms with Crippen LogP contribution in [0.5, 0.6) is 0 Å². The maximum absolute atomic E-state index is 13.0. The maximum Gasteiger partial charge on any atom is 0.356 e. The van der Waals surface area contributed by atoms with Crippen molar-refractivity contribution in [2.45, 2.75) is 12.8 Å². The highest BCUT2D eigenvalue weighted by Crippen LogP contribution is 2.29. The molecule has 0 saturated heterocycles. The molecule has 0 atom stereocenters. The molecular weight excluding hydrogens is 378 g/mol. The average Bonchev–Trinajstić information content (AvgIpc) is 2.55. The summed E-state index contributed by atoms with van der Waals surface area (Å²) in [6.07, 6.45) is 0.987. The van der Waals surface area contributed by atoms with Gasteiger partial charge >= 0.3 is 5.97 Å². The number of aliphatic hydroxyl groups excluding tert-OH is 1. The van der Waals surface area contributed by atoms with Crippen LogP contribution in [-0.4, -0.2) is 42.2 Å². The van der Waals surface area contributed by atoms with Crippen LogP contribution in [0.2, 0.25) is 0 Å². The van der Waals surface area contributed by atoms with Gasteiger partial charge in [0.15, 0.2) is 13.5 Å². The van der Waals surface area contributed by atoms with E-state index in [2.05, 4.69) is 26.2 Å². The highest BCUT2D eigenvalue weighted by atomic mass is 79.9. The lowest BCUT2D eigenvalue weighted by molar-refractivity contribution is 0.0692. The van der Waals surface area contributed by atoms with Crippen molar-refractivity contribution in [1.29, 1.82) is 0 Å². The summed E-state index contributed by atoms with van der Waals surface area (Å²) in [4.78, 5) is 15.6. The highest BCUT2D eigenvalue weighted by Gasteiger charge is 2.20. The number of hydrogen-bond acceptors (Lipinski definition) is 4. The van der Waals surface area contributed by atoms with E-state index in [0.717, 1.165) is 11.1 Å². The predicted molar refractivity (Wildman–Crippen MR) is 96.5 cm³/mol. The SMILES string of the molecule is Bc1nc(C(=O)O)c(NCCCO)c(Br)c1Cc1ccc(F)cc1. The lowest BCUT2D eigenvalue weighted by Gasteiger charge is -2.17. The number of carbonyl (C=O) groups is 1. The number of halogens is 2. The number of nitrogens with zero attached hydrogens (tertiary/aromatic N) is 1. The van der Waals surface area contributed by atoms with Gasteiger partial charge in [0.2, 0.25) is 0 Å². The third-order valence-corrected chi connectivity index (χ3v) is 4.45. The average molecular weight is 395 g/mol. The van der Waals surface area contributed by atoms with E-state index in [0.29, 0.717) is 35.1 Å². The Balaban J connectivity index is 2.41. The normalized spacial score (nSPS) is 10.6. The van der Waals surface area contributed by atoms with Crippen molar-refractivity contribution in [3.05, 3.63) is 51.4 Å². The topological polar surface area (TPSA) is 82.5 Å². The van der Waals surface area contributed by atoms with Crippen molar-refractivity contribution in [3.8, 4) is 0 Å². The lowest BCUT2D eigenvalue weighted by Crippen LogP contribution is -2.23. The Morgan fingerprint density at radius 2 is 2.00 bits per heavy atom. The minimum atomic E-state index is -1.13. The Hall–Kier alpha value is -1.93. The number of aromatic carboxylic acids is 1. The van der Waals surface area contributed by atoms with E-state index < -0.39 is 5.97 Å². The van der Waals surface area contributed by atoms with E-state index >= 15 is 0 Å². The number of pyridine rings is 1. The standard InChI is InChI=1S/C16H17BBrFN2O3/c17-15-11(8-9-2-4-10(19)5-3-9)12(18)13(20-6-1-7-22)14(21-15)16(23)24/h2-5,20,22H,1,6-8,17H2,(H,23,24). The van der Waals surface area contributed by atoms with Crippen LogP contribution < -0.4 is 10.9 Å². The van der Waals surface area contributed by atoms with E-state index in [9.17, 15) is 14.3 Å². The van der Waals surface area contributed by atoms with E-state index in [1.54, 1.807) is 20.0 Å². The van der Waals surface area contributed by atoms with E-state index in [1.807, 2.05) is 0 Å². The zero-order chi connectivity index (χ0) is 17.7. The first kappa shape index (κ1) is 18.4. The summed E-state index contributed by atoms with van der Waals surface area (Å²) in [5, 5.41) is 21.3. The number of aliphatic hydroxyl groups is 1. The molecule has 1 heterocycles. The molecule has 0 amide bonds. The molecule has 1 aromatic heterocycles. The highest BCUT2D eigenvalue weighted by molar-refractivity contribution is 9.10. The fraction of sp³-hybridized carbons (Fsp3) is 0.250. The van der Waals surface area contributed by atoms with Crippen molar-refractivity contribution in [1.82, 2.24) is 4.98 Å². The summed E-state index contributed by atoms with van der Waals surface area (Å²) in [5.74, 6) is -1.43. The van der Waals surface area contributed by atoms with Gasteiger partial charge in [0.05, 0.1) is 5.69 Å². The van der Waals surface area contributed by atoms with Gasteiger partial charge in [-0.3, -0.25) is 4.98 Å². The third kappa shape index (κ3) is 4.33. The van der Waals surface area contributed by atoms with Gasteiger partial charge in [-0.05, 0) is 52.0 Å². The monoisotopic (exact) mass is 394 g/mol. The predicted octanol–water partition coefficient (Wildman–Crippen LogP) is 1.32. The van der Waals surface area contributed by atoms with Gasteiger partial charge in [-0.1, -0.05) is 12.1 Å². The Bertz CT molecular complexity index is 741. The summed E-state index contributed by atoms with van der Waals surface area (Å²) in [5.41, 5.74) is 2.64. The van der Waals surface area contributed by atoms with Crippen LogP contribution in [-0.2, 0) is 6.42 Å². The van der Waals surface area contributed by atoms with Crippen molar-refractivity contribution >= 4 is 41.0 Å². The number of anilines is 1. The summed E-state index contributed by atoms with van der Waals surface area (Å²) in [6.45, 7) is 0.435. The third-order valence-electron chi connectivity index (χ3n) is 3.57. The van der Waals surface area contributed by atoms with Crippen molar-refractivity contribution in [2.75, 3.05) is 18.5 Å².